The van der Waals surface area contributed by atoms with Gasteiger partial charge in [-0.3, -0.25) is 4.72 Å². The Morgan fingerprint density at radius 1 is 1.07 bits per heavy atom. The minimum absolute atomic E-state index is 0.0761. The van der Waals surface area contributed by atoms with Gasteiger partial charge in [0.25, 0.3) is 0 Å². The van der Waals surface area contributed by atoms with Gasteiger partial charge in [-0.05, 0) is 30.3 Å². The van der Waals surface area contributed by atoms with Gasteiger partial charge in [0.15, 0.2) is 11.6 Å². The molecule has 0 aliphatic rings. The van der Waals surface area contributed by atoms with Crippen molar-refractivity contribution in [3.63, 3.8) is 0 Å². The molecule has 0 aliphatic carbocycles. The maximum Gasteiger partial charge on any atom is 0.229 e. The third-order valence-corrected chi connectivity index (χ3v) is 4.02. The Morgan fingerprint density at radius 3 is 2.56 bits per heavy atom. The van der Waals surface area contributed by atoms with E-state index in [0.717, 1.165) is 12.3 Å². The third kappa shape index (κ3) is 4.50. The average molecular weight is 392 g/mol. The molecular formula is C18H14F2N2O4S. The summed E-state index contributed by atoms with van der Waals surface area (Å²) in [5, 5.41) is 9.49. The van der Waals surface area contributed by atoms with Crippen molar-refractivity contribution < 1.29 is 27.0 Å². The van der Waals surface area contributed by atoms with Gasteiger partial charge in [-0.25, -0.2) is 22.2 Å². The predicted molar refractivity (Wildman–Crippen MR) is 96.2 cm³/mol. The zero-order valence-corrected chi connectivity index (χ0v) is 14.8. The molecule has 3 aromatic rings. The summed E-state index contributed by atoms with van der Waals surface area (Å²) in [6.45, 7) is 0. The van der Waals surface area contributed by atoms with Crippen LogP contribution in [0.1, 0.15) is 0 Å². The summed E-state index contributed by atoms with van der Waals surface area (Å²) in [6, 6.07) is 12.3. The number of nitrogens with one attached hydrogen (secondary N) is 1. The summed E-state index contributed by atoms with van der Waals surface area (Å²) in [6.07, 6.45) is 0.898. The van der Waals surface area contributed by atoms with E-state index in [4.69, 9.17) is 4.74 Å². The monoisotopic (exact) mass is 392 g/mol. The van der Waals surface area contributed by atoms with Gasteiger partial charge in [0, 0.05) is 17.7 Å². The van der Waals surface area contributed by atoms with Gasteiger partial charge in [-0.15, -0.1) is 0 Å². The highest BCUT2D eigenvalue weighted by molar-refractivity contribution is 7.92. The van der Waals surface area contributed by atoms with E-state index in [1.807, 2.05) is 4.72 Å². The number of sulfonamides is 1. The van der Waals surface area contributed by atoms with Gasteiger partial charge in [0.1, 0.15) is 11.6 Å². The largest absolute Gasteiger partial charge is 0.505 e. The lowest BCUT2D eigenvalue weighted by Gasteiger charge is -2.10. The van der Waals surface area contributed by atoms with E-state index in [2.05, 4.69) is 4.98 Å². The van der Waals surface area contributed by atoms with E-state index in [1.54, 1.807) is 6.07 Å². The molecule has 1 aromatic heterocycles. The van der Waals surface area contributed by atoms with Crippen LogP contribution in [0.5, 0.6) is 17.4 Å². The van der Waals surface area contributed by atoms with E-state index in [0.29, 0.717) is 0 Å². The topological polar surface area (TPSA) is 88.5 Å². The van der Waals surface area contributed by atoms with Gasteiger partial charge in [-0.2, -0.15) is 0 Å². The van der Waals surface area contributed by atoms with Gasteiger partial charge in [0.05, 0.1) is 17.6 Å². The first-order valence-electron chi connectivity index (χ1n) is 7.63. The number of aromatic nitrogens is 1. The van der Waals surface area contributed by atoms with Crippen molar-refractivity contribution in [2.75, 3.05) is 11.0 Å². The first kappa shape index (κ1) is 18.6. The molecule has 0 aliphatic heterocycles. The van der Waals surface area contributed by atoms with Crippen molar-refractivity contribution >= 4 is 15.7 Å². The number of nitrogens with zero attached hydrogens (tertiary/aromatic N) is 1. The van der Waals surface area contributed by atoms with Crippen molar-refractivity contribution in [3.8, 4) is 28.6 Å². The molecule has 0 saturated heterocycles. The molecule has 0 atom stereocenters. The van der Waals surface area contributed by atoms with Crippen LogP contribution in [0.2, 0.25) is 0 Å². The molecule has 0 radical (unpaired) electrons. The minimum atomic E-state index is -3.67. The number of ether oxygens (including phenoxy) is 1. The van der Waals surface area contributed by atoms with Crippen molar-refractivity contribution in [2.24, 2.45) is 0 Å². The Bertz CT molecular complexity index is 1100. The maximum atomic E-state index is 14.1. The molecule has 27 heavy (non-hydrogen) atoms. The van der Waals surface area contributed by atoms with Crippen molar-refractivity contribution in [3.05, 3.63) is 66.2 Å². The average Bonchev–Trinajstić information content (AvgIpc) is 2.59. The number of halogens is 2. The lowest BCUT2D eigenvalue weighted by Crippen LogP contribution is -2.10. The molecule has 0 spiro atoms. The summed E-state index contributed by atoms with van der Waals surface area (Å²) in [4.78, 5) is 4.16. The molecule has 0 saturated carbocycles. The quantitative estimate of drug-likeness (QED) is 0.688. The van der Waals surface area contributed by atoms with Crippen LogP contribution < -0.4 is 9.46 Å². The number of hydrogen-bond acceptors (Lipinski definition) is 5. The fraction of sp³-hybridized carbons (Fsp3) is 0.0556. The molecule has 0 unspecified atom stereocenters. The molecule has 6 nitrogen and oxygen atoms in total. The van der Waals surface area contributed by atoms with E-state index in [-0.39, 0.29) is 28.6 Å². The molecule has 0 bridgehead atoms. The first-order chi connectivity index (χ1) is 12.7. The summed E-state index contributed by atoms with van der Waals surface area (Å²) in [5.74, 6) is -1.88. The second kappa shape index (κ2) is 7.20. The summed E-state index contributed by atoms with van der Waals surface area (Å²) < 4.78 is 58.0. The van der Waals surface area contributed by atoms with E-state index in [1.165, 1.54) is 42.5 Å². The zero-order valence-electron chi connectivity index (χ0n) is 14.0. The van der Waals surface area contributed by atoms with Crippen LogP contribution in [0, 0.1) is 11.6 Å². The van der Waals surface area contributed by atoms with Crippen LogP contribution in [0.4, 0.5) is 14.5 Å². The van der Waals surface area contributed by atoms with Crippen molar-refractivity contribution in [2.45, 2.75) is 0 Å². The lowest BCUT2D eigenvalue weighted by molar-refractivity contribution is 0.433. The normalized spacial score (nSPS) is 11.2. The van der Waals surface area contributed by atoms with Gasteiger partial charge >= 0.3 is 0 Å². The van der Waals surface area contributed by atoms with E-state index in [9.17, 15) is 22.3 Å². The minimum Gasteiger partial charge on any atom is -0.505 e. The summed E-state index contributed by atoms with van der Waals surface area (Å²) in [5.41, 5.74) is 0.0293. The van der Waals surface area contributed by atoms with Gasteiger partial charge < -0.3 is 9.84 Å². The number of hydrogen-bond donors (Lipinski definition) is 2. The summed E-state index contributed by atoms with van der Waals surface area (Å²) in [7, 11) is -3.67. The number of phenols is 1. The molecule has 2 N–H and O–H groups in total. The molecule has 1 heterocycles. The molecule has 9 heteroatoms. The van der Waals surface area contributed by atoms with Crippen LogP contribution in [0.15, 0.2) is 54.6 Å². The van der Waals surface area contributed by atoms with Crippen molar-refractivity contribution in [1.29, 1.82) is 0 Å². The molecule has 0 amide bonds. The van der Waals surface area contributed by atoms with Gasteiger partial charge in [-0.1, -0.05) is 12.1 Å². The van der Waals surface area contributed by atoms with E-state index < -0.39 is 27.4 Å². The van der Waals surface area contributed by atoms with Crippen LogP contribution >= 0.6 is 0 Å². The van der Waals surface area contributed by atoms with Crippen molar-refractivity contribution in [1.82, 2.24) is 4.98 Å². The number of rotatable bonds is 5. The Labute approximate surface area is 154 Å². The number of phenolic OH excluding ortho intramolecular Hbond substituents is 1. The maximum absolute atomic E-state index is 14.1. The molecule has 0 fully saturated rings. The molecule has 2 aromatic carbocycles. The fourth-order valence-corrected chi connectivity index (χ4v) is 2.86. The highest BCUT2D eigenvalue weighted by atomic mass is 32.2. The third-order valence-electron chi connectivity index (χ3n) is 3.43. The SMILES string of the molecule is CS(=O)(=O)Nc1cc(Oc2cccc(-c3cccc(O)c3F)n2)ccc1F. The van der Waals surface area contributed by atoms with Gasteiger partial charge in [0.2, 0.25) is 15.9 Å². The Morgan fingerprint density at radius 2 is 1.81 bits per heavy atom. The Hall–Kier alpha value is -3.20. The van der Waals surface area contributed by atoms with E-state index >= 15 is 0 Å². The number of anilines is 1. The fourth-order valence-electron chi connectivity index (χ4n) is 2.31. The van der Waals surface area contributed by atoms with Crippen LogP contribution in [0.25, 0.3) is 11.3 Å². The molecule has 140 valence electrons. The smallest absolute Gasteiger partial charge is 0.229 e. The highest BCUT2D eigenvalue weighted by Gasteiger charge is 2.13. The van der Waals surface area contributed by atoms with Crippen LogP contribution in [-0.4, -0.2) is 24.8 Å². The first-order valence-corrected chi connectivity index (χ1v) is 9.52. The highest BCUT2D eigenvalue weighted by Crippen LogP contribution is 2.30. The molecule has 3 rings (SSSR count). The second-order valence-corrected chi connectivity index (χ2v) is 7.37. The predicted octanol–water partition coefficient (Wildman–Crippen LogP) is 3.90. The Kier molecular flexibility index (Phi) is 4.95. The number of benzene rings is 2. The number of pyridine rings is 1. The summed E-state index contributed by atoms with van der Waals surface area (Å²) >= 11 is 0. The second-order valence-electron chi connectivity index (χ2n) is 5.62. The lowest BCUT2D eigenvalue weighted by atomic mass is 10.1. The zero-order chi connectivity index (χ0) is 19.6. The number of aromatic hydroxyl groups is 1. The standard InChI is InChI=1S/C18H14F2N2O4S/c1-27(24,25)22-15-10-11(8-9-13(15)19)26-17-7-3-5-14(21-17)12-4-2-6-16(23)18(12)20/h2-10,22-23H,1H3. The van der Waals surface area contributed by atoms with Crippen LogP contribution in [0.3, 0.4) is 0 Å². The molecular weight excluding hydrogens is 378 g/mol. The van der Waals surface area contributed by atoms with Crippen LogP contribution in [-0.2, 0) is 10.0 Å². The Balaban J connectivity index is 1.91.